The fourth-order valence-corrected chi connectivity index (χ4v) is 3.81. The van der Waals surface area contributed by atoms with Gasteiger partial charge in [-0.25, -0.2) is 4.39 Å². The van der Waals surface area contributed by atoms with Gasteiger partial charge in [-0.3, -0.25) is 4.98 Å². The smallest absolute Gasteiger partial charge is 0.141 e. The highest BCUT2D eigenvalue weighted by Gasteiger charge is 2.16. The number of pyridine rings is 1. The van der Waals surface area contributed by atoms with Crippen LogP contribution in [0.15, 0.2) is 60.8 Å². The average Bonchev–Trinajstić information content (AvgIpc) is 2.76. The molecule has 5 heteroatoms. The number of likely N-dealkylation sites (N-methyl/N-ethyl adjacent to an activating group) is 1. The first-order valence-corrected chi connectivity index (χ1v) is 10.0. The molecule has 0 radical (unpaired) electrons. The largest absolute Gasteiger partial charge is 0.369 e. The summed E-state index contributed by atoms with van der Waals surface area (Å²) in [4.78, 5) is 9.46. The third kappa shape index (κ3) is 4.03. The number of halogens is 2. The Bertz CT molecular complexity index is 968. The quantitative estimate of drug-likeness (QED) is 0.593. The third-order valence-electron chi connectivity index (χ3n) is 5.34. The van der Waals surface area contributed by atoms with E-state index in [1.165, 1.54) is 11.8 Å². The summed E-state index contributed by atoms with van der Waals surface area (Å²) in [5.74, 6) is -0.404. The predicted molar refractivity (Wildman–Crippen MR) is 114 cm³/mol. The second kappa shape index (κ2) is 8.29. The molecule has 0 amide bonds. The minimum atomic E-state index is -0.404. The van der Waals surface area contributed by atoms with Crippen molar-refractivity contribution in [2.45, 2.75) is 6.92 Å². The van der Waals surface area contributed by atoms with Gasteiger partial charge < -0.3 is 9.80 Å². The van der Waals surface area contributed by atoms with E-state index in [9.17, 15) is 4.39 Å². The molecule has 2 aromatic carbocycles. The van der Waals surface area contributed by atoms with E-state index in [4.69, 9.17) is 11.6 Å². The first-order chi connectivity index (χ1) is 13.6. The number of piperazine rings is 1. The summed E-state index contributed by atoms with van der Waals surface area (Å²) in [6.45, 7) is 7.57. The summed E-state index contributed by atoms with van der Waals surface area (Å²) in [5.41, 5.74) is 5.05. The van der Waals surface area contributed by atoms with Gasteiger partial charge in [-0.15, -0.1) is 0 Å². The number of benzene rings is 2. The number of hydrogen-bond donors (Lipinski definition) is 0. The van der Waals surface area contributed by atoms with Crippen molar-refractivity contribution in [2.75, 3.05) is 37.6 Å². The fraction of sp³-hybridized carbons (Fsp3) is 0.261. The van der Waals surface area contributed by atoms with Crippen molar-refractivity contribution >= 4 is 17.3 Å². The highest BCUT2D eigenvalue weighted by atomic mass is 35.5. The third-order valence-corrected chi connectivity index (χ3v) is 5.63. The van der Waals surface area contributed by atoms with Crippen molar-refractivity contribution in [3.8, 4) is 22.4 Å². The van der Waals surface area contributed by atoms with Crippen LogP contribution in [-0.4, -0.2) is 42.6 Å². The molecule has 1 fully saturated rings. The molecule has 28 heavy (non-hydrogen) atoms. The normalized spacial score (nSPS) is 15.0. The van der Waals surface area contributed by atoms with E-state index in [1.54, 1.807) is 12.1 Å². The van der Waals surface area contributed by atoms with E-state index in [2.05, 4.69) is 46.0 Å². The number of aromatic nitrogens is 1. The van der Waals surface area contributed by atoms with Gasteiger partial charge in [0.25, 0.3) is 0 Å². The van der Waals surface area contributed by atoms with Gasteiger partial charge in [0.05, 0.1) is 10.7 Å². The molecular formula is C23H23ClFN3. The second-order valence-electron chi connectivity index (χ2n) is 7.03. The van der Waals surface area contributed by atoms with Crippen LogP contribution in [0, 0.1) is 5.82 Å². The SMILES string of the molecule is CCN1CCN(c2ccnc(-c3cccc(-c4ccc(F)c(Cl)c4)c3)c2)CC1. The van der Waals surface area contributed by atoms with Crippen LogP contribution >= 0.6 is 11.6 Å². The summed E-state index contributed by atoms with van der Waals surface area (Å²) < 4.78 is 13.5. The monoisotopic (exact) mass is 395 g/mol. The Hall–Kier alpha value is -2.43. The standard InChI is InChI=1S/C23H23ClFN3/c1-2-27-10-12-28(13-11-27)20-8-9-26-23(16-20)19-5-3-4-17(14-19)18-6-7-22(25)21(24)15-18/h3-9,14-16H,2,10-13H2,1H3. The molecule has 144 valence electrons. The van der Waals surface area contributed by atoms with Crippen molar-refractivity contribution in [3.63, 3.8) is 0 Å². The van der Waals surface area contributed by atoms with Gasteiger partial charge in [0, 0.05) is 43.6 Å². The Labute approximate surface area is 170 Å². The Morgan fingerprint density at radius 2 is 1.68 bits per heavy atom. The van der Waals surface area contributed by atoms with Gasteiger partial charge in [0.1, 0.15) is 5.82 Å². The molecular weight excluding hydrogens is 373 g/mol. The maximum Gasteiger partial charge on any atom is 0.141 e. The zero-order valence-corrected chi connectivity index (χ0v) is 16.7. The molecule has 0 bridgehead atoms. The maximum absolute atomic E-state index is 13.5. The molecule has 2 heterocycles. The number of hydrogen-bond acceptors (Lipinski definition) is 3. The number of rotatable bonds is 4. The van der Waals surface area contributed by atoms with Crippen LogP contribution in [0.4, 0.5) is 10.1 Å². The molecule has 0 spiro atoms. The topological polar surface area (TPSA) is 19.4 Å². The van der Waals surface area contributed by atoms with E-state index in [-0.39, 0.29) is 5.02 Å². The molecule has 1 aliphatic heterocycles. The van der Waals surface area contributed by atoms with Gasteiger partial charge >= 0.3 is 0 Å². The van der Waals surface area contributed by atoms with Crippen LogP contribution < -0.4 is 4.90 Å². The van der Waals surface area contributed by atoms with Gasteiger partial charge in [-0.05, 0) is 48.0 Å². The van der Waals surface area contributed by atoms with E-state index in [1.807, 2.05) is 18.3 Å². The van der Waals surface area contributed by atoms with Crippen molar-refractivity contribution in [3.05, 3.63) is 71.6 Å². The van der Waals surface area contributed by atoms with E-state index in [0.29, 0.717) is 0 Å². The first kappa shape index (κ1) is 18.9. The highest BCUT2D eigenvalue weighted by Crippen LogP contribution is 2.29. The van der Waals surface area contributed by atoms with Gasteiger partial charge in [0.15, 0.2) is 0 Å². The number of anilines is 1. The zero-order valence-electron chi connectivity index (χ0n) is 15.9. The summed E-state index contributed by atoms with van der Waals surface area (Å²) >= 11 is 5.95. The molecule has 0 saturated carbocycles. The van der Waals surface area contributed by atoms with Crippen LogP contribution in [-0.2, 0) is 0 Å². The first-order valence-electron chi connectivity index (χ1n) is 9.63. The van der Waals surface area contributed by atoms with E-state index >= 15 is 0 Å². The van der Waals surface area contributed by atoms with Gasteiger partial charge in [-0.1, -0.05) is 42.8 Å². The molecule has 0 atom stereocenters. The number of nitrogens with zero attached hydrogens (tertiary/aromatic N) is 3. The van der Waals surface area contributed by atoms with Gasteiger partial charge in [0.2, 0.25) is 0 Å². The van der Waals surface area contributed by atoms with Crippen molar-refractivity contribution in [1.82, 2.24) is 9.88 Å². The summed E-state index contributed by atoms with van der Waals surface area (Å²) in [6, 6.07) is 17.2. The minimum absolute atomic E-state index is 0.134. The minimum Gasteiger partial charge on any atom is -0.369 e. The molecule has 1 saturated heterocycles. The average molecular weight is 396 g/mol. The predicted octanol–water partition coefficient (Wildman–Crippen LogP) is 5.35. The van der Waals surface area contributed by atoms with E-state index < -0.39 is 5.82 Å². The van der Waals surface area contributed by atoms with Gasteiger partial charge in [-0.2, -0.15) is 0 Å². The van der Waals surface area contributed by atoms with E-state index in [0.717, 1.165) is 55.1 Å². The molecule has 3 aromatic rings. The zero-order chi connectivity index (χ0) is 19.5. The van der Waals surface area contributed by atoms with Crippen molar-refractivity contribution in [2.24, 2.45) is 0 Å². The Morgan fingerprint density at radius 1 is 0.929 bits per heavy atom. The van der Waals surface area contributed by atoms with Crippen molar-refractivity contribution in [1.29, 1.82) is 0 Å². The molecule has 0 aliphatic carbocycles. The molecule has 4 rings (SSSR count). The lowest BCUT2D eigenvalue weighted by Gasteiger charge is -2.35. The lowest BCUT2D eigenvalue weighted by atomic mass is 10.0. The van der Waals surface area contributed by atoms with Crippen LogP contribution in [0.2, 0.25) is 5.02 Å². The summed E-state index contributed by atoms with van der Waals surface area (Å²) in [5, 5.41) is 0.134. The fourth-order valence-electron chi connectivity index (χ4n) is 3.63. The van der Waals surface area contributed by atoms with Crippen LogP contribution in [0.25, 0.3) is 22.4 Å². The molecule has 0 unspecified atom stereocenters. The van der Waals surface area contributed by atoms with Crippen LogP contribution in [0.5, 0.6) is 0 Å². The molecule has 1 aliphatic rings. The maximum atomic E-state index is 13.5. The van der Waals surface area contributed by atoms with Crippen molar-refractivity contribution < 1.29 is 4.39 Å². The lowest BCUT2D eigenvalue weighted by molar-refractivity contribution is 0.271. The Balaban J connectivity index is 1.60. The molecule has 0 N–H and O–H groups in total. The second-order valence-corrected chi connectivity index (χ2v) is 7.44. The lowest BCUT2D eigenvalue weighted by Crippen LogP contribution is -2.46. The summed E-state index contributed by atoms with van der Waals surface area (Å²) in [7, 11) is 0. The molecule has 3 nitrogen and oxygen atoms in total. The Morgan fingerprint density at radius 3 is 2.43 bits per heavy atom. The van der Waals surface area contributed by atoms with Crippen LogP contribution in [0.3, 0.4) is 0 Å². The van der Waals surface area contributed by atoms with Crippen LogP contribution in [0.1, 0.15) is 6.92 Å². The summed E-state index contributed by atoms with van der Waals surface area (Å²) in [6.07, 6.45) is 1.87. The molecule has 1 aromatic heterocycles. The highest BCUT2D eigenvalue weighted by molar-refractivity contribution is 6.31. The Kier molecular flexibility index (Phi) is 5.60.